The Morgan fingerprint density at radius 2 is 1.96 bits per heavy atom. The summed E-state index contributed by atoms with van der Waals surface area (Å²) in [6.07, 6.45) is 3.59. The van der Waals surface area contributed by atoms with Crippen molar-refractivity contribution in [2.24, 2.45) is 16.8 Å². The van der Waals surface area contributed by atoms with Crippen molar-refractivity contribution in [3.05, 3.63) is 17.3 Å². The molecule has 152 valence electrons. The van der Waals surface area contributed by atoms with Gasteiger partial charge in [-0.25, -0.2) is 4.98 Å². The molecule has 2 aliphatic heterocycles. The largest absolute Gasteiger partial charge is 0.444 e. The monoisotopic (exact) mass is 377 g/mol. The third-order valence-corrected chi connectivity index (χ3v) is 5.89. The van der Waals surface area contributed by atoms with Crippen LogP contribution in [0.1, 0.15) is 36.6 Å². The van der Waals surface area contributed by atoms with Gasteiger partial charge >= 0.3 is 0 Å². The van der Waals surface area contributed by atoms with E-state index in [-0.39, 0.29) is 0 Å². The van der Waals surface area contributed by atoms with E-state index in [0.717, 1.165) is 69.2 Å². The molecule has 2 saturated heterocycles. The maximum Gasteiger partial charge on any atom is 0.208 e. The number of methoxy groups -OCH3 is 1. The number of nitrogens with one attached hydrogen (secondary N) is 1. The number of piperidine rings is 1. The lowest BCUT2D eigenvalue weighted by Crippen LogP contribution is -2.44. The van der Waals surface area contributed by atoms with Crippen LogP contribution in [0.3, 0.4) is 0 Å². The van der Waals surface area contributed by atoms with Gasteiger partial charge in [0.1, 0.15) is 5.76 Å². The van der Waals surface area contributed by atoms with Crippen molar-refractivity contribution in [3.8, 4) is 0 Å². The smallest absolute Gasteiger partial charge is 0.208 e. The zero-order chi connectivity index (χ0) is 19.2. The average molecular weight is 378 g/mol. The topological polar surface area (TPSA) is 66.1 Å². The van der Waals surface area contributed by atoms with Crippen LogP contribution < -0.4 is 5.32 Å². The number of ether oxygens (including phenoxy) is 1. The molecule has 2 fully saturated rings. The summed E-state index contributed by atoms with van der Waals surface area (Å²) in [5.41, 5.74) is 1.00. The third-order valence-electron chi connectivity index (χ3n) is 5.89. The lowest BCUT2D eigenvalue weighted by atomic mass is 9.97. The molecule has 1 aromatic heterocycles. The molecule has 2 aliphatic rings. The van der Waals surface area contributed by atoms with Crippen LogP contribution in [-0.2, 0) is 11.3 Å². The van der Waals surface area contributed by atoms with Gasteiger partial charge in [0.2, 0.25) is 5.89 Å². The second-order valence-corrected chi connectivity index (χ2v) is 7.95. The highest BCUT2D eigenvalue weighted by Gasteiger charge is 2.26. The lowest BCUT2D eigenvalue weighted by molar-refractivity contribution is 0.156. The first-order valence-electron chi connectivity index (χ1n) is 10.2. The van der Waals surface area contributed by atoms with Gasteiger partial charge in [0, 0.05) is 39.7 Å². The molecule has 1 aromatic rings. The van der Waals surface area contributed by atoms with E-state index in [2.05, 4.69) is 25.1 Å². The van der Waals surface area contributed by atoms with E-state index in [1.54, 1.807) is 7.11 Å². The van der Waals surface area contributed by atoms with Crippen molar-refractivity contribution in [1.29, 1.82) is 0 Å². The molecule has 0 saturated carbocycles. The summed E-state index contributed by atoms with van der Waals surface area (Å²) >= 11 is 0. The zero-order valence-corrected chi connectivity index (χ0v) is 17.3. The van der Waals surface area contributed by atoms with Gasteiger partial charge in [0.05, 0.1) is 18.8 Å². The Morgan fingerprint density at radius 3 is 2.59 bits per heavy atom. The predicted molar refractivity (Wildman–Crippen MR) is 107 cm³/mol. The molecule has 0 aromatic carbocycles. The van der Waals surface area contributed by atoms with Crippen LogP contribution in [0.2, 0.25) is 0 Å². The molecule has 0 spiro atoms. The summed E-state index contributed by atoms with van der Waals surface area (Å²) in [6.45, 7) is 11.0. The molecule has 1 N–H and O–H groups in total. The Balaban J connectivity index is 1.38. The van der Waals surface area contributed by atoms with Crippen LogP contribution in [0.15, 0.2) is 9.41 Å². The molecule has 3 heterocycles. The Hall–Kier alpha value is -1.60. The van der Waals surface area contributed by atoms with E-state index in [4.69, 9.17) is 9.15 Å². The van der Waals surface area contributed by atoms with Crippen LogP contribution in [0.4, 0.5) is 0 Å². The summed E-state index contributed by atoms with van der Waals surface area (Å²) in [7, 11) is 3.67. The number of nitrogens with zero attached hydrogens (tertiary/aromatic N) is 4. The summed E-state index contributed by atoms with van der Waals surface area (Å²) in [6, 6.07) is 0. The number of rotatable bonds is 6. The summed E-state index contributed by atoms with van der Waals surface area (Å²) in [5.74, 6) is 4.15. The molecule has 27 heavy (non-hydrogen) atoms. The first kappa shape index (κ1) is 20.1. The van der Waals surface area contributed by atoms with Crippen molar-refractivity contribution in [2.45, 2.75) is 39.7 Å². The number of oxazole rings is 1. The highest BCUT2D eigenvalue weighted by molar-refractivity contribution is 5.80. The summed E-state index contributed by atoms with van der Waals surface area (Å²) in [5, 5.41) is 3.60. The molecule has 1 atom stereocenters. The predicted octanol–water partition coefficient (Wildman–Crippen LogP) is 2.05. The van der Waals surface area contributed by atoms with Crippen LogP contribution in [0.25, 0.3) is 0 Å². The van der Waals surface area contributed by atoms with Crippen molar-refractivity contribution in [2.75, 3.05) is 53.5 Å². The maximum atomic E-state index is 5.73. The molecule has 3 rings (SSSR count). The first-order chi connectivity index (χ1) is 13.1. The van der Waals surface area contributed by atoms with Gasteiger partial charge in [-0.05, 0) is 52.1 Å². The van der Waals surface area contributed by atoms with Crippen molar-refractivity contribution in [1.82, 2.24) is 20.1 Å². The number of aliphatic imine (C=N–C) groups is 1. The van der Waals surface area contributed by atoms with E-state index in [1.165, 1.54) is 19.3 Å². The number of hydrogen-bond acceptors (Lipinski definition) is 5. The van der Waals surface area contributed by atoms with Gasteiger partial charge in [0.15, 0.2) is 5.96 Å². The number of guanidine groups is 1. The van der Waals surface area contributed by atoms with Crippen LogP contribution >= 0.6 is 0 Å². The quantitative estimate of drug-likeness (QED) is 0.605. The first-order valence-corrected chi connectivity index (χ1v) is 10.2. The molecular weight excluding hydrogens is 342 g/mol. The summed E-state index contributed by atoms with van der Waals surface area (Å²) < 4.78 is 11.0. The molecule has 0 amide bonds. The Morgan fingerprint density at radius 1 is 1.22 bits per heavy atom. The molecule has 0 radical (unpaired) electrons. The van der Waals surface area contributed by atoms with Crippen molar-refractivity contribution < 1.29 is 9.15 Å². The number of aryl methyl sites for hydroxylation is 2. The van der Waals surface area contributed by atoms with Gasteiger partial charge in [-0.1, -0.05) is 0 Å². The van der Waals surface area contributed by atoms with Crippen molar-refractivity contribution >= 4 is 5.96 Å². The minimum atomic E-state index is 0.624. The van der Waals surface area contributed by atoms with E-state index in [1.807, 2.05) is 20.9 Å². The molecule has 7 heteroatoms. The lowest BCUT2D eigenvalue weighted by Gasteiger charge is -2.32. The zero-order valence-electron chi connectivity index (χ0n) is 17.3. The third kappa shape index (κ3) is 5.45. The van der Waals surface area contributed by atoms with Gasteiger partial charge in [-0.15, -0.1) is 0 Å². The van der Waals surface area contributed by atoms with Crippen LogP contribution in [-0.4, -0.2) is 74.2 Å². The van der Waals surface area contributed by atoms with E-state index in [9.17, 15) is 0 Å². The molecule has 0 aliphatic carbocycles. The SMILES string of the molecule is CN=C(NCC1CCN(Cc2nc(C)c(C)o2)CC1)N1CCC(COC)C1. The standard InChI is InChI=1S/C20H35N5O2/c1-15-16(2)27-19(23-15)13-24-8-5-17(6-9-24)11-22-20(21-3)25-10-7-18(12-25)14-26-4/h17-18H,5-14H2,1-4H3,(H,21,22). The highest BCUT2D eigenvalue weighted by atomic mass is 16.5. The second kappa shape index (κ2) is 9.55. The van der Waals surface area contributed by atoms with E-state index >= 15 is 0 Å². The van der Waals surface area contributed by atoms with Crippen molar-refractivity contribution in [3.63, 3.8) is 0 Å². The normalized spacial score (nSPS) is 22.6. The van der Waals surface area contributed by atoms with Gasteiger partial charge < -0.3 is 19.4 Å². The molecule has 7 nitrogen and oxygen atoms in total. The number of hydrogen-bond donors (Lipinski definition) is 1. The average Bonchev–Trinajstić information content (AvgIpc) is 3.24. The van der Waals surface area contributed by atoms with E-state index < -0.39 is 0 Å². The van der Waals surface area contributed by atoms with Gasteiger partial charge in [0.25, 0.3) is 0 Å². The maximum absolute atomic E-state index is 5.73. The highest BCUT2D eigenvalue weighted by Crippen LogP contribution is 2.20. The minimum Gasteiger partial charge on any atom is -0.444 e. The molecular formula is C20H35N5O2. The Kier molecular flexibility index (Phi) is 7.13. The van der Waals surface area contributed by atoms with Gasteiger partial charge in [-0.3, -0.25) is 9.89 Å². The Bertz CT molecular complexity index is 602. The fraction of sp³-hybridized carbons (Fsp3) is 0.800. The number of aromatic nitrogens is 1. The minimum absolute atomic E-state index is 0.624. The second-order valence-electron chi connectivity index (χ2n) is 7.95. The fourth-order valence-corrected chi connectivity index (χ4v) is 4.11. The molecule has 1 unspecified atom stereocenters. The summed E-state index contributed by atoms with van der Waals surface area (Å²) in [4.78, 5) is 13.8. The fourth-order valence-electron chi connectivity index (χ4n) is 4.11. The van der Waals surface area contributed by atoms with Gasteiger partial charge in [-0.2, -0.15) is 0 Å². The molecule has 0 bridgehead atoms. The number of likely N-dealkylation sites (tertiary alicyclic amines) is 2. The van der Waals surface area contributed by atoms with Crippen LogP contribution in [0.5, 0.6) is 0 Å². The van der Waals surface area contributed by atoms with Crippen LogP contribution in [0, 0.1) is 25.7 Å². The Labute approximate surface area is 163 Å². The van der Waals surface area contributed by atoms with E-state index in [0.29, 0.717) is 11.8 Å².